The maximum atomic E-state index is 13.0. The summed E-state index contributed by atoms with van der Waals surface area (Å²) in [6, 6.07) is 14.0. The second-order valence-electron chi connectivity index (χ2n) is 8.09. The van der Waals surface area contributed by atoms with Gasteiger partial charge in [0.2, 0.25) is 0 Å². The lowest BCUT2D eigenvalue weighted by Crippen LogP contribution is -2.48. The van der Waals surface area contributed by atoms with Crippen molar-refractivity contribution >= 4 is 11.6 Å². The minimum atomic E-state index is -0.167. The van der Waals surface area contributed by atoms with Gasteiger partial charge in [0, 0.05) is 52.5 Å². The van der Waals surface area contributed by atoms with Crippen LogP contribution in [-0.4, -0.2) is 83.8 Å². The number of ether oxygens (including phenoxy) is 2. The molecule has 1 atom stereocenters. The summed E-state index contributed by atoms with van der Waals surface area (Å²) in [5.74, 6) is 0.832. The number of carbonyl (C=O) groups excluding carboxylic acids is 1. The first-order valence-corrected chi connectivity index (χ1v) is 10.6. The SMILES string of the molecule is COc1cccc(C(=O)NC[C@H](c2ccc(N(C)C)cc2)N2CCN(C)CC2)c1OC. The Labute approximate surface area is 185 Å². The number of nitrogens with zero attached hydrogens (tertiary/aromatic N) is 3. The molecule has 1 aliphatic heterocycles. The molecule has 31 heavy (non-hydrogen) atoms. The van der Waals surface area contributed by atoms with Crippen LogP contribution in [0.3, 0.4) is 0 Å². The van der Waals surface area contributed by atoms with Gasteiger partial charge >= 0.3 is 0 Å². The highest BCUT2D eigenvalue weighted by Crippen LogP contribution is 2.31. The fraction of sp³-hybridized carbons (Fsp3) is 0.458. The largest absolute Gasteiger partial charge is 0.493 e. The van der Waals surface area contributed by atoms with Gasteiger partial charge in [-0.3, -0.25) is 9.69 Å². The molecule has 0 bridgehead atoms. The molecule has 1 fully saturated rings. The van der Waals surface area contributed by atoms with Crippen LogP contribution in [-0.2, 0) is 0 Å². The fourth-order valence-corrected chi connectivity index (χ4v) is 3.94. The van der Waals surface area contributed by atoms with Gasteiger partial charge in [-0.15, -0.1) is 0 Å². The van der Waals surface area contributed by atoms with Crippen LogP contribution in [0.5, 0.6) is 11.5 Å². The van der Waals surface area contributed by atoms with Gasteiger partial charge in [0.15, 0.2) is 11.5 Å². The molecule has 0 aromatic heterocycles. The highest BCUT2D eigenvalue weighted by molar-refractivity contribution is 5.97. The summed E-state index contributed by atoms with van der Waals surface area (Å²) in [6.07, 6.45) is 0. The third kappa shape index (κ3) is 5.48. The minimum absolute atomic E-state index is 0.102. The van der Waals surface area contributed by atoms with Crippen LogP contribution in [0.4, 0.5) is 5.69 Å². The average Bonchev–Trinajstić information content (AvgIpc) is 2.79. The van der Waals surface area contributed by atoms with E-state index in [1.807, 2.05) is 14.1 Å². The number of benzene rings is 2. The molecule has 1 saturated heterocycles. The lowest BCUT2D eigenvalue weighted by atomic mass is 10.0. The van der Waals surface area contributed by atoms with Crippen LogP contribution in [0.1, 0.15) is 22.0 Å². The number of rotatable bonds is 8. The van der Waals surface area contributed by atoms with Crippen molar-refractivity contribution in [2.75, 3.05) is 73.0 Å². The molecule has 7 nitrogen and oxygen atoms in total. The molecule has 168 valence electrons. The average molecular weight is 427 g/mol. The van der Waals surface area contributed by atoms with Crippen molar-refractivity contribution in [3.05, 3.63) is 53.6 Å². The number of hydrogen-bond acceptors (Lipinski definition) is 6. The normalized spacial score (nSPS) is 15.9. The van der Waals surface area contributed by atoms with E-state index in [4.69, 9.17) is 9.47 Å². The molecule has 3 rings (SSSR count). The Hall–Kier alpha value is -2.77. The predicted molar refractivity (Wildman–Crippen MR) is 124 cm³/mol. The van der Waals surface area contributed by atoms with E-state index < -0.39 is 0 Å². The van der Waals surface area contributed by atoms with Gasteiger partial charge in [0.1, 0.15) is 0 Å². The smallest absolute Gasteiger partial charge is 0.255 e. The van der Waals surface area contributed by atoms with Crippen molar-refractivity contribution in [1.29, 1.82) is 0 Å². The number of hydrogen-bond donors (Lipinski definition) is 1. The summed E-state index contributed by atoms with van der Waals surface area (Å²) in [7, 11) is 9.34. The van der Waals surface area contributed by atoms with Crippen molar-refractivity contribution < 1.29 is 14.3 Å². The van der Waals surface area contributed by atoms with Gasteiger partial charge in [-0.2, -0.15) is 0 Å². The van der Waals surface area contributed by atoms with Gasteiger partial charge in [0.25, 0.3) is 5.91 Å². The van der Waals surface area contributed by atoms with E-state index in [-0.39, 0.29) is 11.9 Å². The molecule has 0 saturated carbocycles. The van der Waals surface area contributed by atoms with Crippen molar-refractivity contribution in [2.24, 2.45) is 0 Å². The van der Waals surface area contributed by atoms with E-state index in [2.05, 4.69) is 51.3 Å². The second-order valence-corrected chi connectivity index (χ2v) is 8.09. The third-order valence-electron chi connectivity index (χ3n) is 5.88. The third-order valence-corrected chi connectivity index (χ3v) is 5.88. The van der Waals surface area contributed by atoms with Crippen molar-refractivity contribution in [2.45, 2.75) is 6.04 Å². The number of likely N-dealkylation sites (N-methyl/N-ethyl adjacent to an activating group) is 1. The van der Waals surface area contributed by atoms with E-state index in [0.717, 1.165) is 31.9 Å². The lowest BCUT2D eigenvalue weighted by Gasteiger charge is -2.38. The highest BCUT2D eigenvalue weighted by atomic mass is 16.5. The molecule has 0 unspecified atom stereocenters. The predicted octanol–water partition coefficient (Wildman–Crippen LogP) is 2.49. The van der Waals surface area contributed by atoms with Crippen LogP contribution >= 0.6 is 0 Å². The lowest BCUT2D eigenvalue weighted by molar-refractivity contribution is 0.0883. The zero-order valence-electron chi connectivity index (χ0n) is 19.2. The van der Waals surface area contributed by atoms with E-state index in [9.17, 15) is 4.79 Å². The number of para-hydroxylation sites is 1. The van der Waals surface area contributed by atoms with Crippen LogP contribution in [0.15, 0.2) is 42.5 Å². The van der Waals surface area contributed by atoms with Crippen LogP contribution in [0, 0.1) is 0 Å². The van der Waals surface area contributed by atoms with Crippen LogP contribution in [0.25, 0.3) is 0 Å². The van der Waals surface area contributed by atoms with Gasteiger partial charge in [0.05, 0.1) is 25.8 Å². The molecular formula is C24H34N4O3. The number of carbonyl (C=O) groups is 1. The summed E-state index contributed by atoms with van der Waals surface area (Å²) in [4.78, 5) is 19.9. The molecule has 0 aliphatic carbocycles. The number of anilines is 1. The topological polar surface area (TPSA) is 57.3 Å². The van der Waals surface area contributed by atoms with Gasteiger partial charge in [-0.05, 0) is 36.9 Å². The number of amides is 1. The number of piperazine rings is 1. The van der Waals surface area contributed by atoms with Crippen molar-refractivity contribution in [3.8, 4) is 11.5 Å². The summed E-state index contributed by atoms with van der Waals surface area (Å²) in [6.45, 7) is 4.49. The van der Waals surface area contributed by atoms with Gasteiger partial charge < -0.3 is 24.6 Å². The Morgan fingerprint density at radius 1 is 1.03 bits per heavy atom. The second kappa shape index (κ2) is 10.5. The van der Waals surface area contributed by atoms with E-state index in [1.165, 1.54) is 5.56 Å². The summed E-state index contributed by atoms with van der Waals surface area (Å²) >= 11 is 0. The Bertz CT molecular complexity index is 862. The van der Waals surface area contributed by atoms with E-state index >= 15 is 0 Å². The molecular weight excluding hydrogens is 392 g/mol. The Morgan fingerprint density at radius 3 is 2.29 bits per heavy atom. The molecule has 2 aromatic carbocycles. The summed E-state index contributed by atoms with van der Waals surface area (Å²) < 4.78 is 10.8. The Balaban J connectivity index is 1.79. The Morgan fingerprint density at radius 2 is 1.71 bits per heavy atom. The molecule has 1 amide bonds. The maximum absolute atomic E-state index is 13.0. The molecule has 1 N–H and O–H groups in total. The summed E-state index contributed by atoms with van der Waals surface area (Å²) in [5.41, 5.74) is 2.83. The first-order valence-electron chi connectivity index (χ1n) is 10.6. The molecule has 1 aliphatic rings. The van der Waals surface area contributed by atoms with Crippen LogP contribution < -0.4 is 19.7 Å². The monoisotopic (exact) mass is 426 g/mol. The molecule has 7 heteroatoms. The molecule has 0 spiro atoms. The maximum Gasteiger partial charge on any atom is 0.255 e. The zero-order chi connectivity index (χ0) is 22.4. The first-order chi connectivity index (χ1) is 14.9. The quantitative estimate of drug-likeness (QED) is 0.700. The molecule has 0 radical (unpaired) electrons. The number of methoxy groups -OCH3 is 2. The fourth-order valence-electron chi connectivity index (χ4n) is 3.94. The standard InChI is InChI=1S/C24H34N4O3/c1-26(2)19-11-9-18(10-12-19)21(28-15-13-27(3)14-16-28)17-25-24(29)20-7-6-8-22(30-4)23(20)31-5/h6-12,21H,13-17H2,1-5H3,(H,25,29)/t21-/m1/s1. The Kier molecular flexibility index (Phi) is 7.76. The highest BCUT2D eigenvalue weighted by Gasteiger charge is 2.25. The van der Waals surface area contributed by atoms with Crippen LogP contribution in [0.2, 0.25) is 0 Å². The first kappa shape index (κ1) is 22.9. The minimum Gasteiger partial charge on any atom is -0.493 e. The number of nitrogens with one attached hydrogen (secondary N) is 1. The zero-order valence-corrected chi connectivity index (χ0v) is 19.2. The van der Waals surface area contributed by atoms with Gasteiger partial charge in [-0.1, -0.05) is 18.2 Å². The summed E-state index contributed by atoms with van der Waals surface area (Å²) in [5, 5.41) is 3.13. The molecule has 2 aromatic rings. The van der Waals surface area contributed by atoms with E-state index in [1.54, 1.807) is 32.4 Å². The van der Waals surface area contributed by atoms with Gasteiger partial charge in [-0.25, -0.2) is 0 Å². The van der Waals surface area contributed by atoms with Crippen molar-refractivity contribution in [3.63, 3.8) is 0 Å². The van der Waals surface area contributed by atoms with E-state index in [0.29, 0.717) is 23.6 Å². The molecule has 1 heterocycles. The van der Waals surface area contributed by atoms with Crippen molar-refractivity contribution in [1.82, 2.24) is 15.1 Å².